The Balaban J connectivity index is 1.60. The molecule has 2 aromatic heterocycles. The summed E-state index contributed by atoms with van der Waals surface area (Å²) in [6.45, 7) is 2.91. The van der Waals surface area contributed by atoms with Crippen molar-refractivity contribution < 1.29 is 18.7 Å². The molecule has 1 saturated heterocycles. The molecule has 9 heteroatoms. The lowest BCUT2D eigenvalue weighted by Gasteiger charge is -2.19. The summed E-state index contributed by atoms with van der Waals surface area (Å²) in [6.07, 6.45) is 1.00. The summed E-state index contributed by atoms with van der Waals surface area (Å²) in [7, 11) is 0. The summed E-state index contributed by atoms with van der Waals surface area (Å²) in [6, 6.07) is 9.43. The second kappa shape index (κ2) is 8.12. The molecule has 0 saturated carbocycles. The average Bonchev–Trinajstić information content (AvgIpc) is 3.48. The molecule has 4 rings (SSSR count). The molecule has 1 amide bonds. The number of amides is 1. The second-order valence-corrected chi connectivity index (χ2v) is 7.65. The fraction of sp³-hybridized carbons (Fsp3) is 0.300. The van der Waals surface area contributed by atoms with E-state index in [0.29, 0.717) is 24.6 Å². The fourth-order valence-electron chi connectivity index (χ4n) is 3.18. The zero-order chi connectivity index (χ0) is 20.4. The number of carbonyl (C=O) groups is 2. The van der Waals surface area contributed by atoms with Crippen LogP contribution in [-0.2, 0) is 9.53 Å². The number of ether oxygens (including phenoxy) is 1. The van der Waals surface area contributed by atoms with Crippen molar-refractivity contribution in [2.24, 2.45) is 0 Å². The predicted octanol–water partition coefficient (Wildman–Crippen LogP) is 3.30. The van der Waals surface area contributed by atoms with Gasteiger partial charge in [0.15, 0.2) is 11.9 Å². The maximum atomic E-state index is 13.3. The van der Waals surface area contributed by atoms with Crippen molar-refractivity contribution in [3.63, 3.8) is 0 Å². The molecule has 1 aliphatic heterocycles. The Hall–Kier alpha value is -3.07. The van der Waals surface area contributed by atoms with E-state index >= 15 is 0 Å². The third-order valence-electron chi connectivity index (χ3n) is 4.65. The number of benzene rings is 1. The van der Waals surface area contributed by atoms with Crippen molar-refractivity contribution in [2.75, 3.05) is 13.1 Å². The quantitative estimate of drug-likeness (QED) is 0.599. The van der Waals surface area contributed by atoms with Crippen molar-refractivity contribution >= 4 is 23.2 Å². The first kappa shape index (κ1) is 19.3. The van der Waals surface area contributed by atoms with E-state index in [1.54, 1.807) is 24.0 Å². The number of aromatic nitrogens is 3. The average molecular weight is 414 g/mol. The molecule has 0 radical (unpaired) electrons. The Morgan fingerprint density at radius 1 is 1.17 bits per heavy atom. The highest BCUT2D eigenvalue weighted by Gasteiger charge is 2.28. The zero-order valence-electron chi connectivity index (χ0n) is 15.7. The summed E-state index contributed by atoms with van der Waals surface area (Å²) >= 11 is 1.44. The molecule has 1 fully saturated rings. The van der Waals surface area contributed by atoms with Gasteiger partial charge in [-0.15, -0.1) is 16.4 Å². The Kier molecular flexibility index (Phi) is 5.39. The largest absolute Gasteiger partial charge is 0.447 e. The van der Waals surface area contributed by atoms with Crippen LogP contribution in [0.3, 0.4) is 0 Å². The number of halogens is 1. The van der Waals surface area contributed by atoms with Crippen LogP contribution < -0.4 is 0 Å². The van der Waals surface area contributed by atoms with Gasteiger partial charge in [-0.1, -0.05) is 6.07 Å². The summed E-state index contributed by atoms with van der Waals surface area (Å²) < 4.78 is 20.1. The summed E-state index contributed by atoms with van der Waals surface area (Å²) in [5.74, 6) is -1.08. The molecule has 3 aromatic rings. The first-order chi connectivity index (χ1) is 14.0. The second-order valence-electron chi connectivity index (χ2n) is 6.70. The van der Waals surface area contributed by atoms with Gasteiger partial charge in [0, 0.05) is 13.1 Å². The zero-order valence-corrected chi connectivity index (χ0v) is 16.6. The molecule has 0 spiro atoms. The van der Waals surface area contributed by atoms with Crippen LogP contribution in [0.4, 0.5) is 4.39 Å². The number of nitrogens with zero attached hydrogens (tertiary/aromatic N) is 4. The van der Waals surface area contributed by atoms with Crippen LogP contribution in [0.5, 0.6) is 0 Å². The Labute approximate surface area is 170 Å². The lowest BCUT2D eigenvalue weighted by atomic mass is 10.3. The molecule has 1 aromatic carbocycles. The molecule has 0 aliphatic carbocycles. The van der Waals surface area contributed by atoms with Crippen LogP contribution >= 0.6 is 11.3 Å². The Morgan fingerprint density at radius 2 is 1.90 bits per heavy atom. The van der Waals surface area contributed by atoms with Gasteiger partial charge in [-0.3, -0.25) is 4.79 Å². The van der Waals surface area contributed by atoms with Gasteiger partial charge >= 0.3 is 5.97 Å². The molecular weight excluding hydrogens is 395 g/mol. The van der Waals surface area contributed by atoms with Gasteiger partial charge in [-0.05, 0) is 55.5 Å². The number of rotatable bonds is 5. The number of hydrogen-bond acceptors (Lipinski definition) is 6. The van der Waals surface area contributed by atoms with Crippen LogP contribution in [0.25, 0.3) is 16.4 Å². The predicted molar refractivity (Wildman–Crippen MR) is 105 cm³/mol. The topological polar surface area (TPSA) is 77.3 Å². The number of esters is 1. The number of likely N-dealkylation sites (tertiary alicyclic amines) is 1. The van der Waals surface area contributed by atoms with E-state index in [0.717, 1.165) is 17.7 Å². The van der Waals surface area contributed by atoms with Crippen LogP contribution in [-0.4, -0.2) is 50.7 Å². The minimum atomic E-state index is -0.913. The van der Waals surface area contributed by atoms with Crippen LogP contribution in [0.1, 0.15) is 30.4 Å². The van der Waals surface area contributed by atoms with Gasteiger partial charge < -0.3 is 9.64 Å². The van der Waals surface area contributed by atoms with Crippen molar-refractivity contribution in [3.05, 3.63) is 53.4 Å². The van der Waals surface area contributed by atoms with Gasteiger partial charge in [0.1, 0.15) is 5.82 Å². The molecule has 7 nitrogen and oxygen atoms in total. The Morgan fingerprint density at radius 3 is 2.55 bits per heavy atom. The van der Waals surface area contributed by atoms with Crippen LogP contribution in [0.15, 0.2) is 41.8 Å². The maximum Gasteiger partial charge on any atom is 0.379 e. The summed E-state index contributed by atoms with van der Waals surface area (Å²) in [5.41, 5.74) is 0.558. The minimum Gasteiger partial charge on any atom is -0.447 e. The highest BCUT2D eigenvalue weighted by atomic mass is 32.1. The normalized spacial score (nSPS) is 14.8. The summed E-state index contributed by atoms with van der Waals surface area (Å²) in [5, 5.41) is 6.15. The highest BCUT2D eigenvalue weighted by Crippen LogP contribution is 2.26. The molecule has 150 valence electrons. The van der Waals surface area contributed by atoms with Gasteiger partial charge in [0.05, 0.1) is 10.6 Å². The first-order valence-electron chi connectivity index (χ1n) is 9.29. The van der Waals surface area contributed by atoms with E-state index in [1.165, 1.54) is 28.2 Å². The van der Waals surface area contributed by atoms with E-state index in [1.807, 2.05) is 17.5 Å². The lowest BCUT2D eigenvalue weighted by molar-refractivity contribution is -0.138. The molecule has 0 N–H and O–H groups in total. The third-order valence-corrected chi connectivity index (χ3v) is 5.52. The van der Waals surface area contributed by atoms with Crippen molar-refractivity contribution in [1.82, 2.24) is 19.7 Å². The van der Waals surface area contributed by atoms with Gasteiger partial charge in [-0.2, -0.15) is 4.98 Å². The third kappa shape index (κ3) is 4.04. The summed E-state index contributed by atoms with van der Waals surface area (Å²) in [4.78, 5) is 31.8. The molecule has 1 aliphatic rings. The lowest BCUT2D eigenvalue weighted by Crippen LogP contribution is -2.38. The number of hydrogen-bond donors (Lipinski definition) is 0. The molecule has 0 bridgehead atoms. The monoisotopic (exact) mass is 414 g/mol. The van der Waals surface area contributed by atoms with Gasteiger partial charge in [0.25, 0.3) is 11.7 Å². The molecular formula is C20H19FN4O3S. The van der Waals surface area contributed by atoms with E-state index < -0.39 is 12.1 Å². The minimum absolute atomic E-state index is 0.154. The number of thiophene rings is 1. The molecule has 1 atom stereocenters. The molecule has 29 heavy (non-hydrogen) atoms. The standard InChI is InChI=1S/C20H19FN4O3S/c1-13(19(26)24-10-2-3-11-24)28-20(27)17-22-18(16-5-4-12-29-16)25(23-17)15-8-6-14(21)7-9-15/h4-9,12-13H,2-3,10-11H2,1H3. The molecule has 3 heterocycles. The molecule has 1 unspecified atom stereocenters. The van der Waals surface area contributed by atoms with E-state index in [2.05, 4.69) is 10.1 Å². The Bertz CT molecular complexity index is 1010. The fourth-order valence-corrected chi connectivity index (χ4v) is 3.88. The van der Waals surface area contributed by atoms with E-state index in [9.17, 15) is 14.0 Å². The van der Waals surface area contributed by atoms with Crippen LogP contribution in [0.2, 0.25) is 0 Å². The first-order valence-corrected chi connectivity index (χ1v) is 10.2. The van der Waals surface area contributed by atoms with Crippen molar-refractivity contribution in [2.45, 2.75) is 25.9 Å². The van der Waals surface area contributed by atoms with E-state index in [4.69, 9.17) is 4.74 Å². The SMILES string of the molecule is CC(OC(=O)c1nc(-c2cccs2)n(-c2ccc(F)cc2)n1)C(=O)N1CCCC1. The smallest absolute Gasteiger partial charge is 0.379 e. The van der Waals surface area contributed by atoms with Crippen molar-refractivity contribution in [1.29, 1.82) is 0 Å². The van der Waals surface area contributed by atoms with Gasteiger partial charge in [-0.25, -0.2) is 13.9 Å². The number of carbonyl (C=O) groups excluding carboxylic acids is 2. The van der Waals surface area contributed by atoms with Crippen molar-refractivity contribution in [3.8, 4) is 16.4 Å². The highest BCUT2D eigenvalue weighted by molar-refractivity contribution is 7.13. The van der Waals surface area contributed by atoms with Crippen LogP contribution in [0, 0.1) is 5.82 Å². The maximum absolute atomic E-state index is 13.3. The van der Waals surface area contributed by atoms with E-state index in [-0.39, 0.29) is 17.5 Å². The van der Waals surface area contributed by atoms with Gasteiger partial charge in [0.2, 0.25) is 0 Å².